The lowest BCUT2D eigenvalue weighted by atomic mass is 10.1. The van der Waals surface area contributed by atoms with Crippen LogP contribution < -0.4 is 14.5 Å². The van der Waals surface area contributed by atoms with Crippen LogP contribution in [0.15, 0.2) is 53.5 Å². The number of rotatable bonds is 3. The average molecular weight is 321 g/mol. The Balaban J connectivity index is 1.71. The third kappa shape index (κ3) is 2.07. The van der Waals surface area contributed by atoms with Crippen LogP contribution in [0.1, 0.15) is 6.92 Å². The lowest BCUT2D eigenvalue weighted by Gasteiger charge is -2.24. The number of para-hydroxylation sites is 2. The standard InChI is InChI=1S/C18H15N3O3/c1-2-24-13-9-7-12(8-10-13)20-17(22)16-11-19-14-5-3-4-6-15(14)21(16)18(20)23/h3-11,16H,2H2,1H3. The quantitative estimate of drug-likeness (QED) is 0.816. The first-order valence-corrected chi connectivity index (χ1v) is 7.74. The summed E-state index contributed by atoms with van der Waals surface area (Å²) >= 11 is 0. The van der Waals surface area contributed by atoms with Gasteiger partial charge in [0, 0.05) is 6.21 Å². The number of urea groups is 1. The summed E-state index contributed by atoms with van der Waals surface area (Å²) in [6.07, 6.45) is 1.52. The summed E-state index contributed by atoms with van der Waals surface area (Å²) in [5, 5.41) is 0. The van der Waals surface area contributed by atoms with E-state index in [1.165, 1.54) is 16.0 Å². The van der Waals surface area contributed by atoms with E-state index >= 15 is 0 Å². The molecule has 3 amide bonds. The molecule has 1 atom stereocenters. The van der Waals surface area contributed by atoms with Crippen molar-refractivity contribution in [2.45, 2.75) is 13.0 Å². The maximum atomic E-state index is 12.9. The first kappa shape index (κ1) is 14.4. The average Bonchev–Trinajstić information content (AvgIpc) is 2.87. The molecule has 1 saturated heterocycles. The van der Waals surface area contributed by atoms with Gasteiger partial charge in [0.1, 0.15) is 5.75 Å². The Morgan fingerprint density at radius 1 is 1.08 bits per heavy atom. The van der Waals surface area contributed by atoms with Gasteiger partial charge in [-0.3, -0.25) is 14.7 Å². The van der Waals surface area contributed by atoms with Gasteiger partial charge in [0.05, 0.1) is 23.7 Å². The molecule has 0 aliphatic carbocycles. The van der Waals surface area contributed by atoms with Crippen LogP contribution in [0.25, 0.3) is 0 Å². The summed E-state index contributed by atoms with van der Waals surface area (Å²) in [4.78, 5) is 32.6. The Hall–Kier alpha value is -3.15. The first-order valence-electron chi connectivity index (χ1n) is 7.74. The van der Waals surface area contributed by atoms with Crippen LogP contribution in [0.3, 0.4) is 0 Å². The molecule has 6 heteroatoms. The molecule has 0 aromatic heterocycles. The molecule has 0 radical (unpaired) electrons. The second-order valence-corrected chi connectivity index (χ2v) is 5.46. The summed E-state index contributed by atoms with van der Waals surface area (Å²) < 4.78 is 5.40. The molecule has 6 nitrogen and oxygen atoms in total. The van der Waals surface area contributed by atoms with Crippen LogP contribution in [0.2, 0.25) is 0 Å². The predicted molar refractivity (Wildman–Crippen MR) is 91.4 cm³/mol. The maximum absolute atomic E-state index is 12.9. The van der Waals surface area contributed by atoms with Crippen molar-refractivity contribution >= 4 is 35.2 Å². The summed E-state index contributed by atoms with van der Waals surface area (Å²) in [6.45, 7) is 2.46. The molecule has 120 valence electrons. The zero-order chi connectivity index (χ0) is 16.7. The minimum absolute atomic E-state index is 0.303. The number of anilines is 2. The third-order valence-corrected chi connectivity index (χ3v) is 4.05. The lowest BCUT2D eigenvalue weighted by Crippen LogP contribution is -2.38. The highest BCUT2D eigenvalue weighted by Gasteiger charge is 2.47. The van der Waals surface area contributed by atoms with Gasteiger partial charge in [0.25, 0.3) is 5.91 Å². The number of fused-ring (bicyclic) bond motifs is 3. The Morgan fingerprint density at radius 2 is 1.83 bits per heavy atom. The van der Waals surface area contributed by atoms with Crippen molar-refractivity contribution in [2.24, 2.45) is 4.99 Å². The van der Waals surface area contributed by atoms with Crippen LogP contribution in [0, 0.1) is 0 Å². The molecule has 1 unspecified atom stereocenters. The number of hydrogen-bond donors (Lipinski definition) is 0. The van der Waals surface area contributed by atoms with Gasteiger partial charge in [-0.2, -0.15) is 0 Å². The van der Waals surface area contributed by atoms with E-state index in [-0.39, 0.29) is 11.9 Å². The van der Waals surface area contributed by atoms with Crippen LogP contribution in [-0.4, -0.2) is 30.8 Å². The number of nitrogens with zero attached hydrogens (tertiary/aromatic N) is 3. The van der Waals surface area contributed by atoms with Crippen molar-refractivity contribution in [3.8, 4) is 5.75 Å². The Morgan fingerprint density at radius 3 is 2.58 bits per heavy atom. The summed E-state index contributed by atoms with van der Waals surface area (Å²) in [7, 11) is 0. The number of carbonyl (C=O) groups is 2. The van der Waals surface area contributed by atoms with Crippen molar-refractivity contribution in [3.63, 3.8) is 0 Å². The van der Waals surface area contributed by atoms with Crippen molar-refractivity contribution < 1.29 is 14.3 Å². The van der Waals surface area contributed by atoms with E-state index in [0.29, 0.717) is 29.4 Å². The van der Waals surface area contributed by atoms with Crippen LogP contribution in [0.4, 0.5) is 21.9 Å². The number of aliphatic imine (C=N–C) groups is 1. The second kappa shape index (κ2) is 5.49. The molecule has 0 N–H and O–H groups in total. The molecule has 4 rings (SSSR count). The van der Waals surface area contributed by atoms with E-state index in [2.05, 4.69) is 4.99 Å². The molecule has 0 spiro atoms. The molecule has 0 bridgehead atoms. The Kier molecular flexibility index (Phi) is 3.30. The summed E-state index contributed by atoms with van der Waals surface area (Å²) in [6, 6.07) is 13.1. The normalized spacial score (nSPS) is 18.6. The van der Waals surface area contributed by atoms with E-state index in [9.17, 15) is 9.59 Å². The van der Waals surface area contributed by atoms with Crippen molar-refractivity contribution in [1.82, 2.24) is 0 Å². The number of benzene rings is 2. The summed E-state index contributed by atoms with van der Waals surface area (Å²) in [5.41, 5.74) is 1.86. The highest BCUT2D eigenvalue weighted by Crippen LogP contribution is 2.38. The monoisotopic (exact) mass is 321 g/mol. The van der Waals surface area contributed by atoms with Gasteiger partial charge in [-0.15, -0.1) is 0 Å². The number of ether oxygens (including phenoxy) is 1. The highest BCUT2D eigenvalue weighted by atomic mass is 16.5. The van der Waals surface area contributed by atoms with Crippen LogP contribution >= 0.6 is 0 Å². The van der Waals surface area contributed by atoms with Crippen LogP contribution in [-0.2, 0) is 4.79 Å². The Labute approximate surface area is 139 Å². The minimum Gasteiger partial charge on any atom is -0.494 e. The van der Waals surface area contributed by atoms with Crippen molar-refractivity contribution in [1.29, 1.82) is 0 Å². The summed E-state index contributed by atoms with van der Waals surface area (Å²) in [5.74, 6) is 0.396. The number of amides is 3. The molecule has 24 heavy (non-hydrogen) atoms. The minimum atomic E-state index is -0.695. The topological polar surface area (TPSA) is 62.2 Å². The zero-order valence-electron chi connectivity index (χ0n) is 13.0. The molecule has 2 aromatic carbocycles. The van der Waals surface area contributed by atoms with E-state index in [1.54, 1.807) is 30.3 Å². The zero-order valence-corrected chi connectivity index (χ0v) is 13.0. The second-order valence-electron chi connectivity index (χ2n) is 5.46. The molecule has 0 saturated carbocycles. The first-order chi connectivity index (χ1) is 11.7. The van der Waals surface area contributed by atoms with Crippen molar-refractivity contribution in [2.75, 3.05) is 16.4 Å². The van der Waals surface area contributed by atoms with Crippen molar-refractivity contribution in [3.05, 3.63) is 48.5 Å². The van der Waals surface area contributed by atoms with E-state index < -0.39 is 6.04 Å². The lowest BCUT2D eigenvalue weighted by molar-refractivity contribution is -0.116. The highest BCUT2D eigenvalue weighted by molar-refractivity contribution is 6.34. The molecule has 2 aliphatic rings. The molecule has 2 aromatic rings. The van der Waals surface area contributed by atoms with Gasteiger partial charge < -0.3 is 4.74 Å². The van der Waals surface area contributed by atoms with E-state index in [4.69, 9.17) is 4.74 Å². The van der Waals surface area contributed by atoms with Gasteiger partial charge in [-0.25, -0.2) is 9.69 Å². The number of carbonyl (C=O) groups excluding carboxylic acids is 2. The van der Waals surface area contributed by atoms with Crippen LogP contribution in [0.5, 0.6) is 5.75 Å². The molecule has 2 aliphatic heterocycles. The van der Waals surface area contributed by atoms with Gasteiger partial charge in [-0.05, 0) is 43.3 Å². The number of imide groups is 1. The van der Waals surface area contributed by atoms with Gasteiger partial charge in [0.2, 0.25) is 0 Å². The molecule has 1 fully saturated rings. The SMILES string of the molecule is CCOc1ccc(N2C(=O)C3C=Nc4ccccc4N3C2=O)cc1. The fourth-order valence-electron chi connectivity index (χ4n) is 2.97. The van der Waals surface area contributed by atoms with E-state index in [0.717, 1.165) is 0 Å². The maximum Gasteiger partial charge on any atom is 0.337 e. The Bertz CT molecular complexity index is 845. The fraction of sp³-hybridized carbons (Fsp3) is 0.167. The number of hydrogen-bond acceptors (Lipinski definition) is 4. The fourth-order valence-corrected chi connectivity index (χ4v) is 2.97. The third-order valence-electron chi connectivity index (χ3n) is 4.05. The van der Waals surface area contributed by atoms with Gasteiger partial charge in [0.15, 0.2) is 6.04 Å². The smallest absolute Gasteiger partial charge is 0.337 e. The van der Waals surface area contributed by atoms with Gasteiger partial charge in [-0.1, -0.05) is 12.1 Å². The van der Waals surface area contributed by atoms with E-state index in [1.807, 2.05) is 25.1 Å². The predicted octanol–water partition coefficient (Wildman–Crippen LogP) is 3.14. The molecular formula is C18H15N3O3. The molecule has 2 heterocycles. The molecular weight excluding hydrogens is 306 g/mol. The largest absolute Gasteiger partial charge is 0.494 e. The van der Waals surface area contributed by atoms with Gasteiger partial charge >= 0.3 is 6.03 Å².